The first-order valence-corrected chi connectivity index (χ1v) is 4.87. The monoisotopic (exact) mass is 243 g/mol. The van der Waals surface area contributed by atoms with Crippen LogP contribution in [0.1, 0.15) is 17.4 Å². The molecule has 1 atom stereocenters. The number of benzene rings is 1. The van der Waals surface area contributed by atoms with Crippen molar-refractivity contribution in [2.24, 2.45) is 5.73 Å². The van der Waals surface area contributed by atoms with Crippen molar-refractivity contribution in [3.63, 3.8) is 0 Å². The Morgan fingerprint density at radius 2 is 1.87 bits per heavy atom. The first-order valence-electron chi connectivity index (χ1n) is 4.12. The minimum absolute atomic E-state index is 0.397. The molecule has 0 aliphatic heterocycles. The lowest BCUT2D eigenvalue weighted by atomic mass is 10.1. The molecule has 5 nitrogen and oxygen atoms in total. The lowest BCUT2D eigenvalue weighted by molar-refractivity contribution is 0.785. The maximum atomic E-state index is 5.90. The van der Waals surface area contributed by atoms with Gasteiger partial charge in [0.15, 0.2) is 5.82 Å². The average Bonchev–Trinajstić information content (AvgIpc) is 2.67. The quantitative estimate of drug-likeness (QED) is 0.839. The zero-order valence-electron chi connectivity index (χ0n) is 7.48. The summed E-state index contributed by atoms with van der Waals surface area (Å²) in [5, 5.41) is 14.4. The van der Waals surface area contributed by atoms with Crippen LogP contribution in [0, 0.1) is 0 Å². The zero-order chi connectivity index (χ0) is 10.8. The fourth-order valence-corrected chi connectivity index (χ4v) is 1.75. The Labute approximate surface area is 95.6 Å². The Morgan fingerprint density at radius 1 is 1.20 bits per heavy atom. The van der Waals surface area contributed by atoms with Crippen LogP contribution in [-0.2, 0) is 0 Å². The molecular weight excluding hydrogens is 237 g/mol. The second kappa shape index (κ2) is 4.14. The van der Waals surface area contributed by atoms with Crippen molar-refractivity contribution in [1.29, 1.82) is 0 Å². The van der Waals surface area contributed by atoms with Crippen LogP contribution in [0.15, 0.2) is 18.2 Å². The molecular formula is C8H7Cl2N5. The SMILES string of the molecule is NC(c1cc(Cl)cc(Cl)c1)c1nn[nH]n1. The normalized spacial score (nSPS) is 12.7. The predicted molar refractivity (Wildman–Crippen MR) is 56.7 cm³/mol. The molecule has 1 heterocycles. The largest absolute Gasteiger partial charge is 0.318 e. The summed E-state index contributed by atoms with van der Waals surface area (Å²) in [7, 11) is 0. The van der Waals surface area contributed by atoms with Gasteiger partial charge in [0.25, 0.3) is 0 Å². The number of aromatic amines is 1. The number of hydrogen-bond donors (Lipinski definition) is 2. The van der Waals surface area contributed by atoms with E-state index in [1.165, 1.54) is 0 Å². The lowest BCUT2D eigenvalue weighted by Gasteiger charge is -2.08. The van der Waals surface area contributed by atoms with Gasteiger partial charge < -0.3 is 5.73 Å². The molecule has 3 N–H and O–H groups in total. The molecule has 2 aromatic rings. The summed E-state index contributed by atoms with van der Waals surface area (Å²) in [6.45, 7) is 0. The number of H-pyrrole nitrogens is 1. The Morgan fingerprint density at radius 3 is 2.40 bits per heavy atom. The van der Waals surface area contributed by atoms with E-state index in [1.807, 2.05) is 0 Å². The molecule has 0 aliphatic rings. The highest BCUT2D eigenvalue weighted by molar-refractivity contribution is 6.34. The van der Waals surface area contributed by atoms with Gasteiger partial charge >= 0.3 is 0 Å². The smallest absolute Gasteiger partial charge is 0.195 e. The minimum Gasteiger partial charge on any atom is -0.318 e. The molecule has 1 aromatic heterocycles. The van der Waals surface area contributed by atoms with E-state index in [9.17, 15) is 0 Å². The topological polar surface area (TPSA) is 80.5 Å². The summed E-state index contributed by atoms with van der Waals surface area (Å²) in [6, 6.07) is 4.58. The fourth-order valence-electron chi connectivity index (χ4n) is 1.21. The molecule has 0 aliphatic carbocycles. The van der Waals surface area contributed by atoms with Crippen LogP contribution in [0.25, 0.3) is 0 Å². The number of nitrogens with two attached hydrogens (primary N) is 1. The molecule has 2 rings (SSSR count). The van der Waals surface area contributed by atoms with E-state index < -0.39 is 6.04 Å². The molecule has 78 valence electrons. The molecule has 0 saturated carbocycles. The standard InChI is InChI=1S/C8H7Cl2N5/c9-5-1-4(2-6(10)3-5)7(11)8-12-14-15-13-8/h1-3,7H,11H2,(H,12,13,14,15). The minimum atomic E-state index is -0.486. The number of aromatic nitrogens is 4. The van der Waals surface area contributed by atoms with Crippen LogP contribution < -0.4 is 5.73 Å². The van der Waals surface area contributed by atoms with Crippen molar-refractivity contribution < 1.29 is 0 Å². The van der Waals surface area contributed by atoms with E-state index in [0.717, 1.165) is 5.56 Å². The van der Waals surface area contributed by atoms with Gasteiger partial charge in [-0.15, -0.1) is 10.2 Å². The summed E-state index contributed by atoms with van der Waals surface area (Å²) in [4.78, 5) is 0. The molecule has 0 spiro atoms. The van der Waals surface area contributed by atoms with Crippen molar-refractivity contribution in [1.82, 2.24) is 20.6 Å². The Bertz CT molecular complexity index is 436. The molecule has 15 heavy (non-hydrogen) atoms. The Hall–Kier alpha value is -1.17. The zero-order valence-corrected chi connectivity index (χ0v) is 9.00. The van der Waals surface area contributed by atoms with Crippen molar-refractivity contribution in [3.8, 4) is 0 Å². The highest BCUT2D eigenvalue weighted by atomic mass is 35.5. The van der Waals surface area contributed by atoms with Crippen LogP contribution in [0.5, 0.6) is 0 Å². The third-order valence-electron chi connectivity index (χ3n) is 1.88. The molecule has 0 saturated heterocycles. The molecule has 0 radical (unpaired) electrons. The van der Waals surface area contributed by atoms with Crippen molar-refractivity contribution in [2.45, 2.75) is 6.04 Å². The molecule has 0 bridgehead atoms. The van der Waals surface area contributed by atoms with Crippen LogP contribution in [0.2, 0.25) is 10.0 Å². The first-order chi connectivity index (χ1) is 7.16. The highest BCUT2D eigenvalue weighted by Crippen LogP contribution is 2.24. The molecule has 1 unspecified atom stereocenters. The van der Waals surface area contributed by atoms with E-state index in [2.05, 4.69) is 20.6 Å². The summed E-state index contributed by atoms with van der Waals surface area (Å²) in [5.74, 6) is 0.397. The third-order valence-corrected chi connectivity index (χ3v) is 2.32. The number of tetrazole rings is 1. The van der Waals surface area contributed by atoms with Gasteiger partial charge in [-0.25, -0.2) is 0 Å². The van der Waals surface area contributed by atoms with Crippen LogP contribution in [0.3, 0.4) is 0 Å². The Kier molecular flexibility index (Phi) is 2.86. The van der Waals surface area contributed by atoms with Gasteiger partial charge in [0.05, 0.1) is 6.04 Å². The number of nitrogens with one attached hydrogen (secondary N) is 1. The van der Waals surface area contributed by atoms with Gasteiger partial charge in [-0.2, -0.15) is 5.21 Å². The maximum Gasteiger partial charge on any atom is 0.195 e. The number of halogens is 2. The average molecular weight is 244 g/mol. The van der Waals surface area contributed by atoms with Gasteiger partial charge in [-0.05, 0) is 23.8 Å². The van der Waals surface area contributed by atoms with Gasteiger partial charge in [0.2, 0.25) is 0 Å². The molecule has 1 aromatic carbocycles. The van der Waals surface area contributed by atoms with E-state index in [0.29, 0.717) is 15.9 Å². The van der Waals surface area contributed by atoms with Crippen LogP contribution in [0.4, 0.5) is 0 Å². The summed E-state index contributed by atoms with van der Waals surface area (Å²) in [6.07, 6.45) is 0. The molecule has 7 heteroatoms. The number of hydrogen-bond acceptors (Lipinski definition) is 4. The Balaban J connectivity index is 2.37. The van der Waals surface area contributed by atoms with Gasteiger partial charge in [0.1, 0.15) is 0 Å². The van der Waals surface area contributed by atoms with Crippen molar-refractivity contribution in [2.75, 3.05) is 0 Å². The van der Waals surface area contributed by atoms with Gasteiger partial charge in [0, 0.05) is 10.0 Å². The third kappa shape index (κ3) is 2.26. The number of nitrogens with zero attached hydrogens (tertiary/aromatic N) is 3. The second-order valence-corrected chi connectivity index (χ2v) is 3.82. The van der Waals surface area contributed by atoms with Crippen molar-refractivity contribution >= 4 is 23.2 Å². The maximum absolute atomic E-state index is 5.90. The van der Waals surface area contributed by atoms with E-state index in [4.69, 9.17) is 28.9 Å². The summed E-state index contributed by atoms with van der Waals surface area (Å²) in [5.41, 5.74) is 6.64. The van der Waals surface area contributed by atoms with Crippen LogP contribution in [-0.4, -0.2) is 20.6 Å². The van der Waals surface area contributed by atoms with Gasteiger partial charge in [-0.1, -0.05) is 28.4 Å². The van der Waals surface area contributed by atoms with Crippen molar-refractivity contribution in [3.05, 3.63) is 39.6 Å². The summed E-state index contributed by atoms with van der Waals surface area (Å²) < 4.78 is 0. The molecule has 0 fully saturated rings. The van der Waals surface area contributed by atoms with E-state index in [1.54, 1.807) is 18.2 Å². The van der Waals surface area contributed by atoms with E-state index in [-0.39, 0.29) is 0 Å². The molecule has 0 amide bonds. The second-order valence-electron chi connectivity index (χ2n) is 2.95. The highest BCUT2D eigenvalue weighted by Gasteiger charge is 2.14. The number of rotatable bonds is 2. The lowest BCUT2D eigenvalue weighted by Crippen LogP contribution is -2.13. The summed E-state index contributed by atoms with van der Waals surface area (Å²) >= 11 is 11.7. The van der Waals surface area contributed by atoms with Gasteiger partial charge in [-0.3, -0.25) is 0 Å². The predicted octanol–water partition coefficient (Wildman–Crippen LogP) is 1.55. The first kappa shape index (κ1) is 10.4. The van der Waals surface area contributed by atoms with Crippen LogP contribution >= 0.6 is 23.2 Å². The van der Waals surface area contributed by atoms with E-state index >= 15 is 0 Å². The fraction of sp³-hybridized carbons (Fsp3) is 0.125.